The van der Waals surface area contributed by atoms with Gasteiger partial charge in [0, 0.05) is 16.6 Å². The average molecular weight is 428 g/mol. The number of nitriles is 1. The number of carbonyl (C=O) groups is 2. The van der Waals surface area contributed by atoms with E-state index in [0.29, 0.717) is 27.3 Å². The molecule has 0 spiro atoms. The number of hydrogen-bond donors (Lipinski definition) is 0. The van der Waals surface area contributed by atoms with E-state index in [0.717, 1.165) is 22.5 Å². The number of benzene rings is 2. The molecule has 0 N–H and O–H groups in total. The lowest BCUT2D eigenvalue weighted by molar-refractivity contribution is 0.100. The lowest BCUT2D eigenvalue weighted by Crippen LogP contribution is -2.16. The number of Topliss-reactive ketones (excluding diaryl/α,β-unsaturated/α-hetero) is 2. The van der Waals surface area contributed by atoms with E-state index >= 15 is 0 Å². The Kier molecular flexibility index (Phi) is 5.40. The molecule has 0 atom stereocenters. The molecule has 6 nitrogen and oxygen atoms in total. The van der Waals surface area contributed by atoms with Crippen molar-refractivity contribution in [2.75, 3.05) is 5.75 Å². The number of thioether (sulfide) groups is 1. The van der Waals surface area contributed by atoms with Gasteiger partial charge in [-0.05, 0) is 42.8 Å². The Morgan fingerprint density at radius 3 is 2.61 bits per heavy atom. The fraction of sp³-hybridized carbons (Fsp3) is 0.125. The predicted octanol–water partition coefficient (Wildman–Crippen LogP) is 4.70. The van der Waals surface area contributed by atoms with Gasteiger partial charge in [-0.15, -0.1) is 0 Å². The predicted molar refractivity (Wildman–Crippen MR) is 119 cm³/mol. The lowest BCUT2D eigenvalue weighted by Gasteiger charge is -2.08. The van der Waals surface area contributed by atoms with Crippen LogP contribution >= 0.6 is 11.8 Å². The van der Waals surface area contributed by atoms with Crippen LogP contribution in [0.3, 0.4) is 0 Å². The number of hydrogen-bond acceptors (Lipinski definition) is 7. The van der Waals surface area contributed by atoms with E-state index in [-0.39, 0.29) is 22.7 Å². The largest absolute Gasteiger partial charge is 0.422 e. The standard InChI is InChI=1S/C24H16N2O4S/c1-13-18(14(2)27)9-16(11-25)23(26-13)31-12-21(28)20-10-19-17-6-4-3-5-15(17)7-8-22(19)30-24(20)29/h3-10H,12H2,1-2H3. The Morgan fingerprint density at radius 1 is 1.10 bits per heavy atom. The van der Waals surface area contributed by atoms with Gasteiger partial charge < -0.3 is 4.42 Å². The first-order chi connectivity index (χ1) is 14.9. The molecule has 4 aromatic rings. The summed E-state index contributed by atoms with van der Waals surface area (Å²) in [6, 6.07) is 16.3. The molecule has 0 aliphatic rings. The maximum absolute atomic E-state index is 12.8. The number of aromatic nitrogens is 1. The number of pyridine rings is 1. The van der Waals surface area contributed by atoms with E-state index in [1.54, 1.807) is 19.1 Å². The summed E-state index contributed by atoms with van der Waals surface area (Å²) >= 11 is 1.05. The van der Waals surface area contributed by atoms with Crippen molar-refractivity contribution < 1.29 is 14.0 Å². The summed E-state index contributed by atoms with van der Waals surface area (Å²) < 4.78 is 5.39. The van der Waals surface area contributed by atoms with E-state index in [4.69, 9.17) is 4.42 Å². The van der Waals surface area contributed by atoms with E-state index in [9.17, 15) is 19.6 Å². The number of ketones is 2. The smallest absolute Gasteiger partial charge is 0.347 e. The summed E-state index contributed by atoms with van der Waals surface area (Å²) in [5.41, 5.74) is 0.728. The van der Waals surface area contributed by atoms with Crippen molar-refractivity contribution in [3.8, 4) is 6.07 Å². The van der Waals surface area contributed by atoms with Crippen LogP contribution < -0.4 is 5.63 Å². The van der Waals surface area contributed by atoms with E-state index < -0.39 is 11.4 Å². The molecule has 2 heterocycles. The summed E-state index contributed by atoms with van der Waals surface area (Å²) in [7, 11) is 0. The van der Waals surface area contributed by atoms with Crippen LogP contribution in [0.15, 0.2) is 62.8 Å². The third-order valence-electron chi connectivity index (χ3n) is 4.96. The molecule has 31 heavy (non-hydrogen) atoms. The van der Waals surface area contributed by atoms with Crippen LogP contribution in [0.25, 0.3) is 21.7 Å². The molecular formula is C24H16N2O4S. The summed E-state index contributed by atoms with van der Waals surface area (Å²) in [6.45, 7) is 3.08. The molecule has 4 rings (SSSR count). The molecule has 0 unspecified atom stereocenters. The molecule has 0 amide bonds. The third kappa shape index (κ3) is 3.86. The highest BCUT2D eigenvalue weighted by molar-refractivity contribution is 8.00. The fourth-order valence-corrected chi connectivity index (χ4v) is 4.29. The van der Waals surface area contributed by atoms with E-state index in [1.165, 1.54) is 13.0 Å². The van der Waals surface area contributed by atoms with Gasteiger partial charge in [-0.2, -0.15) is 5.26 Å². The van der Waals surface area contributed by atoms with Crippen molar-refractivity contribution in [2.45, 2.75) is 18.9 Å². The summed E-state index contributed by atoms with van der Waals surface area (Å²) in [5.74, 6) is -0.704. The Labute approximate surface area is 181 Å². The van der Waals surface area contributed by atoms with Gasteiger partial charge in [-0.1, -0.05) is 42.1 Å². The van der Waals surface area contributed by atoms with E-state index in [2.05, 4.69) is 4.98 Å². The van der Waals surface area contributed by atoms with Crippen molar-refractivity contribution in [3.63, 3.8) is 0 Å². The first-order valence-electron chi connectivity index (χ1n) is 9.43. The van der Waals surface area contributed by atoms with Crippen molar-refractivity contribution in [3.05, 3.63) is 81.3 Å². The second-order valence-corrected chi connectivity index (χ2v) is 7.96. The number of nitrogens with zero attached hydrogens (tertiary/aromatic N) is 2. The van der Waals surface area contributed by atoms with Gasteiger partial charge in [0.2, 0.25) is 0 Å². The SMILES string of the molecule is CC(=O)c1cc(C#N)c(SCC(=O)c2cc3c(ccc4ccccc43)oc2=O)nc1C. The first kappa shape index (κ1) is 20.5. The molecule has 2 aromatic carbocycles. The molecule has 2 aromatic heterocycles. The monoisotopic (exact) mass is 428 g/mol. The fourth-order valence-electron chi connectivity index (χ4n) is 3.41. The molecule has 7 heteroatoms. The van der Waals surface area contributed by atoms with Gasteiger partial charge in [0.25, 0.3) is 0 Å². The zero-order chi connectivity index (χ0) is 22.1. The maximum atomic E-state index is 12.8. The highest BCUT2D eigenvalue weighted by atomic mass is 32.2. The summed E-state index contributed by atoms with van der Waals surface area (Å²) in [5, 5.41) is 12.3. The van der Waals surface area contributed by atoms with E-state index in [1.807, 2.05) is 36.4 Å². The van der Waals surface area contributed by atoms with Gasteiger partial charge in [0.05, 0.1) is 11.3 Å². The van der Waals surface area contributed by atoms with Gasteiger partial charge >= 0.3 is 5.63 Å². The number of fused-ring (bicyclic) bond motifs is 3. The lowest BCUT2D eigenvalue weighted by atomic mass is 10.0. The highest BCUT2D eigenvalue weighted by Gasteiger charge is 2.18. The molecule has 0 saturated carbocycles. The average Bonchev–Trinajstić information content (AvgIpc) is 2.76. The minimum atomic E-state index is -0.704. The minimum Gasteiger partial charge on any atom is -0.422 e. The molecule has 0 bridgehead atoms. The Hall–Kier alpha value is -3.76. The molecule has 0 aliphatic carbocycles. The summed E-state index contributed by atoms with van der Waals surface area (Å²) in [4.78, 5) is 41.2. The second-order valence-electron chi connectivity index (χ2n) is 7.00. The Bertz CT molecular complexity index is 1480. The van der Waals surface area contributed by atoms with Crippen LogP contribution in [0.5, 0.6) is 0 Å². The molecule has 0 aliphatic heterocycles. The zero-order valence-corrected chi connectivity index (χ0v) is 17.6. The topological polar surface area (TPSA) is 101 Å². The first-order valence-corrected chi connectivity index (χ1v) is 10.4. The number of carbonyl (C=O) groups excluding carboxylic acids is 2. The van der Waals surface area contributed by atoms with Crippen molar-refractivity contribution in [1.82, 2.24) is 4.98 Å². The third-order valence-corrected chi connectivity index (χ3v) is 5.95. The highest BCUT2D eigenvalue weighted by Crippen LogP contribution is 2.27. The normalized spacial score (nSPS) is 10.9. The quantitative estimate of drug-likeness (QED) is 0.196. The zero-order valence-electron chi connectivity index (χ0n) is 16.8. The van der Waals surface area contributed by atoms with Crippen molar-refractivity contribution in [2.24, 2.45) is 0 Å². The molecule has 152 valence electrons. The molecule has 0 radical (unpaired) electrons. The van der Waals surface area contributed by atoms with Crippen molar-refractivity contribution in [1.29, 1.82) is 5.26 Å². The molecule has 0 saturated heterocycles. The maximum Gasteiger partial charge on any atom is 0.347 e. The van der Waals surface area contributed by atoms with Gasteiger partial charge in [-0.3, -0.25) is 9.59 Å². The second kappa shape index (κ2) is 8.17. The Morgan fingerprint density at radius 2 is 1.87 bits per heavy atom. The number of rotatable bonds is 5. The van der Waals surface area contributed by atoms with Crippen LogP contribution in [-0.2, 0) is 0 Å². The van der Waals surface area contributed by atoms with Gasteiger partial charge in [0.1, 0.15) is 22.2 Å². The molecular weight excluding hydrogens is 412 g/mol. The Balaban J connectivity index is 1.68. The number of aryl methyl sites for hydroxylation is 1. The van der Waals surface area contributed by atoms with Crippen LogP contribution in [0, 0.1) is 18.3 Å². The van der Waals surface area contributed by atoms with Crippen LogP contribution in [0.1, 0.15) is 38.9 Å². The van der Waals surface area contributed by atoms with Crippen LogP contribution in [0.2, 0.25) is 0 Å². The summed E-state index contributed by atoms with van der Waals surface area (Å²) in [6.07, 6.45) is 0. The minimum absolute atomic E-state index is 0.0491. The van der Waals surface area contributed by atoms with Crippen LogP contribution in [0.4, 0.5) is 0 Å². The molecule has 0 fully saturated rings. The van der Waals surface area contributed by atoms with Gasteiger partial charge in [-0.25, -0.2) is 9.78 Å². The van der Waals surface area contributed by atoms with Crippen molar-refractivity contribution >= 4 is 45.1 Å². The van der Waals surface area contributed by atoms with Gasteiger partial charge in [0.15, 0.2) is 11.6 Å². The van der Waals surface area contributed by atoms with Crippen LogP contribution in [-0.4, -0.2) is 22.3 Å².